The lowest BCUT2D eigenvalue weighted by molar-refractivity contribution is 0.176. The fourth-order valence-corrected chi connectivity index (χ4v) is 5.72. The van der Waals surface area contributed by atoms with Crippen LogP contribution in [0.15, 0.2) is 30.7 Å². The highest BCUT2D eigenvalue weighted by molar-refractivity contribution is 7.21. The van der Waals surface area contributed by atoms with Gasteiger partial charge in [-0.2, -0.15) is 10.1 Å². The van der Waals surface area contributed by atoms with E-state index in [1.165, 1.54) is 0 Å². The minimum absolute atomic E-state index is 0.207. The summed E-state index contributed by atoms with van der Waals surface area (Å²) in [7, 11) is 1.90. The maximum atomic E-state index is 9.28. The number of anilines is 3. The second-order valence-electron chi connectivity index (χ2n) is 8.69. The Morgan fingerprint density at radius 2 is 2.03 bits per heavy atom. The van der Waals surface area contributed by atoms with Crippen LogP contribution >= 0.6 is 11.3 Å². The molecule has 4 aromatic rings. The molecule has 0 aliphatic carbocycles. The van der Waals surface area contributed by atoms with Gasteiger partial charge in [-0.15, -0.1) is 11.3 Å². The number of aliphatic hydroxyl groups is 1. The molecule has 0 amide bonds. The van der Waals surface area contributed by atoms with Crippen LogP contribution in [0.5, 0.6) is 0 Å². The van der Waals surface area contributed by atoms with Crippen molar-refractivity contribution in [2.75, 3.05) is 36.5 Å². The van der Waals surface area contributed by atoms with Crippen LogP contribution in [-0.4, -0.2) is 78.0 Å². The van der Waals surface area contributed by atoms with Gasteiger partial charge in [0.25, 0.3) is 0 Å². The third kappa shape index (κ3) is 3.81. The molecule has 0 radical (unpaired) electrons. The molecule has 10 nitrogen and oxygen atoms in total. The van der Waals surface area contributed by atoms with Crippen molar-refractivity contribution < 1.29 is 5.11 Å². The summed E-state index contributed by atoms with van der Waals surface area (Å²) in [6.45, 7) is 4.78. The fourth-order valence-electron chi connectivity index (χ4n) is 4.83. The van der Waals surface area contributed by atoms with Crippen LogP contribution in [0, 0.1) is 6.92 Å². The zero-order valence-corrected chi connectivity index (χ0v) is 19.3. The Bertz CT molecular complexity index is 1320. The van der Waals surface area contributed by atoms with Gasteiger partial charge in [-0.25, -0.2) is 15.0 Å². The fraction of sp³-hybridized carbons (Fsp3) is 0.409. The number of nitrogens with zero attached hydrogens (tertiary/aromatic N) is 8. The number of aliphatic hydroxyl groups excluding tert-OH is 1. The van der Waals surface area contributed by atoms with Gasteiger partial charge in [-0.3, -0.25) is 9.58 Å². The number of nitrogens with one attached hydrogen (secondary N) is 1. The molecule has 2 bridgehead atoms. The van der Waals surface area contributed by atoms with Gasteiger partial charge in [-0.1, -0.05) is 0 Å². The number of β-amino-alcohol motifs (C(OH)–C–C–N with tert-alkyl or cyclic N) is 1. The van der Waals surface area contributed by atoms with Crippen molar-refractivity contribution in [2.24, 2.45) is 7.05 Å². The van der Waals surface area contributed by atoms with E-state index in [-0.39, 0.29) is 6.61 Å². The molecule has 170 valence electrons. The quantitative estimate of drug-likeness (QED) is 0.445. The molecule has 2 aliphatic rings. The minimum atomic E-state index is 0.207. The highest BCUT2D eigenvalue weighted by atomic mass is 32.1. The molecule has 6 rings (SSSR count). The number of fused-ring (bicyclic) bond motifs is 3. The van der Waals surface area contributed by atoms with Crippen molar-refractivity contribution in [3.8, 4) is 10.6 Å². The molecule has 0 aromatic carbocycles. The molecule has 0 saturated carbocycles. The summed E-state index contributed by atoms with van der Waals surface area (Å²) in [6.07, 6.45) is 6.73. The van der Waals surface area contributed by atoms with Gasteiger partial charge in [-0.05, 0) is 13.3 Å². The molecule has 0 unspecified atom stereocenters. The number of rotatable bonds is 6. The predicted octanol–water partition coefficient (Wildman–Crippen LogP) is 2.19. The first-order chi connectivity index (χ1) is 16.1. The standard InChI is InChI=1S/C22H25N9OS/c1-13-5-20(28-22(25-13)31-12-15-6-16(31)11-30(15)3-4-32)27-19-7-17-18(9-23-19)33-21(26-17)14-8-24-29(2)10-14/h5,7-10,15-16,32H,3-4,6,11-12H2,1-2H3,(H,23,25,27,28)/t15-,16-/m0/s1. The first kappa shape index (κ1) is 20.5. The lowest BCUT2D eigenvalue weighted by Gasteiger charge is -2.34. The van der Waals surface area contributed by atoms with Gasteiger partial charge in [0.05, 0.1) is 23.0 Å². The molecule has 11 heteroatoms. The Morgan fingerprint density at radius 3 is 2.79 bits per heavy atom. The number of aryl methyl sites for hydroxylation is 2. The van der Waals surface area contributed by atoms with E-state index >= 15 is 0 Å². The summed E-state index contributed by atoms with van der Waals surface area (Å²) in [5.74, 6) is 2.18. The molecule has 2 saturated heterocycles. The highest BCUT2D eigenvalue weighted by Gasteiger charge is 2.43. The molecule has 2 aliphatic heterocycles. The number of thiazole rings is 1. The number of hydrogen-bond donors (Lipinski definition) is 2. The van der Waals surface area contributed by atoms with Crippen molar-refractivity contribution in [1.29, 1.82) is 0 Å². The Morgan fingerprint density at radius 1 is 1.12 bits per heavy atom. The SMILES string of the molecule is Cc1cc(Nc2cc3nc(-c4cnn(C)c4)sc3cn2)nc(N2C[C@@H]3C[C@H]2CN3CCO)n1. The van der Waals surface area contributed by atoms with E-state index in [0.29, 0.717) is 17.9 Å². The van der Waals surface area contributed by atoms with Gasteiger partial charge in [0.15, 0.2) is 0 Å². The van der Waals surface area contributed by atoms with Crippen LogP contribution in [0.2, 0.25) is 0 Å². The molecular formula is C22H25N9OS. The summed E-state index contributed by atoms with van der Waals surface area (Å²) >= 11 is 1.60. The number of likely N-dealkylation sites (tertiary alicyclic amines) is 1. The largest absolute Gasteiger partial charge is 0.395 e. The summed E-state index contributed by atoms with van der Waals surface area (Å²) < 4.78 is 2.80. The van der Waals surface area contributed by atoms with E-state index in [2.05, 4.69) is 25.2 Å². The zero-order chi connectivity index (χ0) is 22.5. The van der Waals surface area contributed by atoms with Gasteiger partial charge in [0.1, 0.15) is 16.6 Å². The molecule has 2 atom stereocenters. The average molecular weight is 464 g/mol. The Balaban J connectivity index is 1.23. The van der Waals surface area contributed by atoms with Crippen molar-refractivity contribution in [3.05, 3.63) is 36.4 Å². The normalized spacial score (nSPS) is 20.3. The van der Waals surface area contributed by atoms with Crippen molar-refractivity contribution in [1.82, 2.24) is 34.6 Å². The molecular weight excluding hydrogens is 438 g/mol. The maximum Gasteiger partial charge on any atom is 0.227 e. The second kappa shape index (κ2) is 8.01. The Kier molecular flexibility index (Phi) is 4.97. The van der Waals surface area contributed by atoms with Crippen molar-refractivity contribution in [2.45, 2.75) is 25.4 Å². The van der Waals surface area contributed by atoms with E-state index < -0.39 is 0 Å². The van der Waals surface area contributed by atoms with Crippen molar-refractivity contribution >= 4 is 39.1 Å². The van der Waals surface area contributed by atoms with Crippen LogP contribution in [0.4, 0.5) is 17.6 Å². The van der Waals surface area contributed by atoms with Gasteiger partial charge in [0, 0.05) is 74.5 Å². The van der Waals surface area contributed by atoms with E-state index in [1.54, 1.807) is 16.0 Å². The first-order valence-electron chi connectivity index (χ1n) is 11.1. The molecule has 6 heterocycles. The molecule has 0 spiro atoms. The monoisotopic (exact) mass is 463 g/mol. The average Bonchev–Trinajstić information content (AvgIpc) is 3.56. The van der Waals surface area contributed by atoms with Gasteiger partial charge < -0.3 is 15.3 Å². The van der Waals surface area contributed by atoms with E-state index in [1.807, 2.05) is 44.7 Å². The minimum Gasteiger partial charge on any atom is -0.395 e. The topological polar surface area (TPSA) is 108 Å². The first-order valence-corrected chi connectivity index (χ1v) is 11.9. The number of pyridine rings is 1. The van der Waals surface area contributed by atoms with Crippen LogP contribution in [-0.2, 0) is 7.05 Å². The number of piperazine rings is 1. The summed E-state index contributed by atoms with van der Waals surface area (Å²) in [4.78, 5) is 23.5. The molecule has 2 N–H and O–H groups in total. The maximum absolute atomic E-state index is 9.28. The van der Waals surface area contributed by atoms with Crippen LogP contribution < -0.4 is 10.2 Å². The predicted molar refractivity (Wildman–Crippen MR) is 128 cm³/mol. The smallest absolute Gasteiger partial charge is 0.227 e. The third-order valence-electron chi connectivity index (χ3n) is 6.32. The zero-order valence-electron chi connectivity index (χ0n) is 18.5. The summed E-state index contributed by atoms with van der Waals surface area (Å²) in [6, 6.07) is 4.74. The Hall–Kier alpha value is -3.15. The molecule has 2 fully saturated rings. The summed E-state index contributed by atoms with van der Waals surface area (Å²) in [5.41, 5.74) is 2.80. The second-order valence-corrected chi connectivity index (χ2v) is 9.72. The number of hydrogen-bond acceptors (Lipinski definition) is 10. The van der Waals surface area contributed by atoms with E-state index in [0.717, 1.165) is 64.3 Å². The van der Waals surface area contributed by atoms with Crippen molar-refractivity contribution in [3.63, 3.8) is 0 Å². The lowest BCUT2D eigenvalue weighted by Crippen LogP contribution is -2.47. The molecule has 33 heavy (non-hydrogen) atoms. The summed E-state index contributed by atoms with van der Waals surface area (Å²) in [5, 5.41) is 17.8. The van der Waals surface area contributed by atoms with E-state index in [9.17, 15) is 5.11 Å². The highest BCUT2D eigenvalue weighted by Crippen LogP contribution is 2.34. The lowest BCUT2D eigenvalue weighted by atomic mass is 10.2. The van der Waals surface area contributed by atoms with Crippen LogP contribution in [0.25, 0.3) is 20.8 Å². The number of aromatic nitrogens is 6. The van der Waals surface area contributed by atoms with Crippen LogP contribution in [0.3, 0.4) is 0 Å². The van der Waals surface area contributed by atoms with Crippen LogP contribution in [0.1, 0.15) is 12.1 Å². The molecule has 4 aromatic heterocycles. The van der Waals surface area contributed by atoms with Gasteiger partial charge >= 0.3 is 0 Å². The Labute approximate surface area is 194 Å². The van der Waals surface area contributed by atoms with Gasteiger partial charge in [0.2, 0.25) is 5.95 Å². The van der Waals surface area contributed by atoms with E-state index in [4.69, 9.17) is 15.0 Å². The third-order valence-corrected chi connectivity index (χ3v) is 7.38.